The molecule has 1 aliphatic carbocycles. The van der Waals surface area contributed by atoms with Crippen LogP contribution >= 0.6 is 0 Å². The van der Waals surface area contributed by atoms with Crippen molar-refractivity contribution in [2.24, 2.45) is 16.8 Å². The van der Waals surface area contributed by atoms with Gasteiger partial charge >= 0.3 is 0 Å². The summed E-state index contributed by atoms with van der Waals surface area (Å²) in [5.41, 5.74) is 4.64. The van der Waals surface area contributed by atoms with E-state index in [4.69, 9.17) is 10.9 Å². The number of oxime groups is 1. The fraction of sp³-hybridized carbons (Fsp3) is 0.750. The van der Waals surface area contributed by atoms with Gasteiger partial charge in [-0.1, -0.05) is 5.16 Å². The van der Waals surface area contributed by atoms with Crippen LogP contribution < -0.4 is 11.1 Å². The van der Waals surface area contributed by atoms with Crippen LogP contribution in [0.1, 0.15) is 26.7 Å². The summed E-state index contributed by atoms with van der Waals surface area (Å²) in [7, 11) is 0. The molecule has 4 N–H and O–H groups in total. The van der Waals surface area contributed by atoms with Crippen molar-refractivity contribution in [3.63, 3.8) is 0 Å². The number of nitrogens with zero attached hydrogens (tertiary/aromatic N) is 1. The predicted octanol–water partition coefficient (Wildman–Crippen LogP) is 0.0376. The summed E-state index contributed by atoms with van der Waals surface area (Å²) in [6, 6.07) is 0. The van der Waals surface area contributed by atoms with Gasteiger partial charge in [-0.2, -0.15) is 0 Å². The predicted molar refractivity (Wildman–Crippen MR) is 48.4 cm³/mol. The lowest BCUT2D eigenvalue weighted by Crippen LogP contribution is -2.53. The molecular weight excluding hydrogens is 170 g/mol. The average molecular weight is 185 g/mol. The first kappa shape index (κ1) is 9.83. The fourth-order valence-electron chi connectivity index (χ4n) is 0.945. The third-order valence-corrected chi connectivity index (χ3v) is 2.13. The molecule has 1 aliphatic rings. The number of hydrogen-bond acceptors (Lipinski definition) is 3. The lowest BCUT2D eigenvalue weighted by molar-refractivity contribution is -0.123. The highest BCUT2D eigenvalue weighted by Gasteiger charge is 2.34. The highest BCUT2D eigenvalue weighted by molar-refractivity contribution is 5.94. The Morgan fingerprint density at radius 2 is 2.15 bits per heavy atom. The summed E-state index contributed by atoms with van der Waals surface area (Å²) in [4.78, 5) is 11.3. The van der Waals surface area contributed by atoms with Crippen LogP contribution in [0.25, 0.3) is 0 Å². The van der Waals surface area contributed by atoms with Crippen LogP contribution in [0.15, 0.2) is 5.16 Å². The standard InChI is InChI=1S/C8H15N3O2/c1-8(2,7(9)11-13)10-6(12)5-3-4-5/h5,13H,3-4H2,1-2H3,(H2,9,11)(H,10,12). The van der Waals surface area contributed by atoms with Gasteiger partial charge in [0.2, 0.25) is 5.91 Å². The zero-order valence-corrected chi connectivity index (χ0v) is 7.87. The molecule has 13 heavy (non-hydrogen) atoms. The molecule has 0 spiro atoms. The minimum absolute atomic E-state index is 0.0153. The summed E-state index contributed by atoms with van der Waals surface area (Å²) in [6.45, 7) is 3.39. The van der Waals surface area contributed by atoms with Crippen molar-refractivity contribution in [3.05, 3.63) is 0 Å². The fourth-order valence-corrected chi connectivity index (χ4v) is 0.945. The molecular formula is C8H15N3O2. The molecule has 0 unspecified atom stereocenters. The molecule has 5 nitrogen and oxygen atoms in total. The Bertz CT molecular complexity index is 244. The Kier molecular flexibility index (Phi) is 2.45. The highest BCUT2D eigenvalue weighted by atomic mass is 16.4. The molecule has 0 aromatic heterocycles. The van der Waals surface area contributed by atoms with Gasteiger partial charge in [0.15, 0.2) is 5.84 Å². The molecule has 0 atom stereocenters. The first-order valence-electron chi connectivity index (χ1n) is 4.27. The topological polar surface area (TPSA) is 87.7 Å². The molecule has 0 heterocycles. The number of amides is 1. The van der Waals surface area contributed by atoms with Crippen LogP contribution in [0.5, 0.6) is 0 Å². The SMILES string of the molecule is CC(C)(NC(=O)C1CC1)/C(N)=N/O. The summed E-state index contributed by atoms with van der Waals surface area (Å²) in [5.74, 6) is 0.129. The minimum atomic E-state index is -0.769. The van der Waals surface area contributed by atoms with Crippen LogP contribution in [0, 0.1) is 5.92 Å². The molecule has 74 valence electrons. The van der Waals surface area contributed by atoms with Crippen molar-refractivity contribution in [1.82, 2.24) is 5.32 Å². The first-order valence-corrected chi connectivity index (χ1v) is 4.27. The summed E-state index contributed by atoms with van der Waals surface area (Å²) in [5, 5.41) is 14.0. The van der Waals surface area contributed by atoms with Gasteiger partial charge < -0.3 is 16.3 Å². The van der Waals surface area contributed by atoms with Gasteiger partial charge in [-0.3, -0.25) is 4.79 Å². The third-order valence-electron chi connectivity index (χ3n) is 2.13. The molecule has 0 radical (unpaired) electrons. The molecule has 0 aromatic carbocycles. The maximum absolute atomic E-state index is 11.3. The molecule has 1 saturated carbocycles. The van der Waals surface area contributed by atoms with Crippen molar-refractivity contribution >= 4 is 11.7 Å². The van der Waals surface area contributed by atoms with E-state index in [0.29, 0.717) is 0 Å². The molecule has 0 aliphatic heterocycles. The molecule has 5 heteroatoms. The number of amidine groups is 1. The van der Waals surface area contributed by atoms with Crippen molar-refractivity contribution in [3.8, 4) is 0 Å². The van der Waals surface area contributed by atoms with E-state index < -0.39 is 5.54 Å². The lowest BCUT2D eigenvalue weighted by atomic mass is 10.0. The summed E-state index contributed by atoms with van der Waals surface area (Å²) in [6.07, 6.45) is 1.89. The monoisotopic (exact) mass is 185 g/mol. The van der Waals surface area contributed by atoms with Gasteiger partial charge in [0.05, 0.1) is 5.54 Å². The van der Waals surface area contributed by atoms with E-state index in [0.717, 1.165) is 12.8 Å². The van der Waals surface area contributed by atoms with Gasteiger partial charge in [0.25, 0.3) is 0 Å². The molecule has 0 aromatic rings. The van der Waals surface area contributed by atoms with Crippen molar-refractivity contribution < 1.29 is 10.0 Å². The van der Waals surface area contributed by atoms with Gasteiger partial charge in [-0.05, 0) is 26.7 Å². The normalized spacial score (nSPS) is 18.5. The first-order chi connectivity index (χ1) is 5.97. The largest absolute Gasteiger partial charge is 0.409 e. The third kappa shape index (κ3) is 2.34. The zero-order chi connectivity index (χ0) is 10.1. The maximum atomic E-state index is 11.3. The van der Waals surface area contributed by atoms with E-state index in [9.17, 15) is 4.79 Å². The van der Waals surface area contributed by atoms with Gasteiger partial charge in [-0.15, -0.1) is 0 Å². The Morgan fingerprint density at radius 1 is 1.62 bits per heavy atom. The van der Waals surface area contributed by atoms with E-state index in [-0.39, 0.29) is 17.7 Å². The summed E-state index contributed by atoms with van der Waals surface area (Å²) < 4.78 is 0. The number of hydrogen-bond donors (Lipinski definition) is 3. The number of carbonyl (C=O) groups excluding carboxylic acids is 1. The quantitative estimate of drug-likeness (QED) is 0.251. The van der Waals surface area contributed by atoms with E-state index >= 15 is 0 Å². The molecule has 1 fully saturated rings. The van der Waals surface area contributed by atoms with Crippen LogP contribution in [0.2, 0.25) is 0 Å². The van der Waals surface area contributed by atoms with Crippen molar-refractivity contribution in [2.75, 3.05) is 0 Å². The van der Waals surface area contributed by atoms with Crippen LogP contribution in [0.3, 0.4) is 0 Å². The van der Waals surface area contributed by atoms with Crippen LogP contribution in [-0.4, -0.2) is 22.5 Å². The molecule has 0 saturated heterocycles. The Labute approximate surface area is 77.0 Å². The maximum Gasteiger partial charge on any atom is 0.223 e. The molecule has 0 bridgehead atoms. The smallest absolute Gasteiger partial charge is 0.223 e. The summed E-state index contributed by atoms with van der Waals surface area (Å²) >= 11 is 0. The molecule has 1 rings (SSSR count). The minimum Gasteiger partial charge on any atom is -0.409 e. The average Bonchev–Trinajstić information content (AvgIpc) is 2.84. The lowest BCUT2D eigenvalue weighted by Gasteiger charge is -2.24. The Morgan fingerprint density at radius 3 is 2.54 bits per heavy atom. The number of carbonyl (C=O) groups is 1. The van der Waals surface area contributed by atoms with E-state index in [1.54, 1.807) is 13.8 Å². The zero-order valence-electron chi connectivity index (χ0n) is 7.87. The highest BCUT2D eigenvalue weighted by Crippen LogP contribution is 2.29. The van der Waals surface area contributed by atoms with Crippen molar-refractivity contribution in [2.45, 2.75) is 32.2 Å². The second-order valence-corrected chi connectivity index (χ2v) is 3.87. The van der Waals surface area contributed by atoms with Gasteiger partial charge in [0.1, 0.15) is 0 Å². The van der Waals surface area contributed by atoms with Crippen LogP contribution in [0.4, 0.5) is 0 Å². The van der Waals surface area contributed by atoms with E-state index in [2.05, 4.69) is 10.5 Å². The molecule has 1 amide bonds. The van der Waals surface area contributed by atoms with Crippen molar-refractivity contribution in [1.29, 1.82) is 0 Å². The second kappa shape index (κ2) is 3.24. The number of nitrogens with two attached hydrogens (primary N) is 1. The Hall–Kier alpha value is -1.26. The van der Waals surface area contributed by atoms with Crippen LogP contribution in [-0.2, 0) is 4.79 Å². The number of rotatable bonds is 3. The van der Waals surface area contributed by atoms with E-state index in [1.807, 2.05) is 0 Å². The van der Waals surface area contributed by atoms with E-state index in [1.165, 1.54) is 0 Å². The van der Waals surface area contributed by atoms with Gasteiger partial charge in [-0.25, -0.2) is 0 Å². The second-order valence-electron chi connectivity index (χ2n) is 3.87. The number of nitrogens with one attached hydrogen (secondary N) is 1. The van der Waals surface area contributed by atoms with Gasteiger partial charge in [0, 0.05) is 5.92 Å². The Balaban J connectivity index is 2.54.